The number of rotatable bonds is 0. The molecule has 0 saturated heterocycles. The van der Waals surface area contributed by atoms with Crippen LogP contribution >= 0.6 is 11.6 Å². The van der Waals surface area contributed by atoms with E-state index in [1.54, 1.807) is 13.8 Å². The molecule has 1 heterocycles. The summed E-state index contributed by atoms with van der Waals surface area (Å²) in [4.78, 5) is 15.0. The number of aliphatic imine (C=N–C) groups is 1. The van der Waals surface area contributed by atoms with Crippen LogP contribution in [0.25, 0.3) is 0 Å². The van der Waals surface area contributed by atoms with Crippen LogP contribution in [0.1, 0.15) is 13.8 Å². The number of halogens is 1. The van der Waals surface area contributed by atoms with Crippen LogP contribution in [0.2, 0.25) is 0 Å². The normalized spacial score (nSPS) is 25.9. The van der Waals surface area contributed by atoms with Crippen molar-refractivity contribution < 1.29 is 4.79 Å². The second kappa shape index (κ2) is 2.54. The van der Waals surface area contributed by atoms with E-state index in [2.05, 4.69) is 4.99 Å². The fraction of sp³-hybridized carbons (Fsp3) is 0.429. The molecule has 0 aliphatic carbocycles. The molecule has 54 valence electrons. The quantitative estimate of drug-likeness (QED) is 0.491. The standard InChI is InChI=1S/C7H8ClNO/c1-4-3-6(10)7(8)5(2)9-4/h3,7H,1-2H3. The Morgan fingerprint density at radius 1 is 1.60 bits per heavy atom. The fourth-order valence-electron chi connectivity index (χ4n) is 0.852. The van der Waals surface area contributed by atoms with Gasteiger partial charge in [0.2, 0.25) is 0 Å². The Morgan fingerprint density at radius 3 is 2.70 bits per heavy atom. The number of carbonyl (C=O) groups is 1. The molecule has 0 N–H and O–H groups in total. The Bertz CT molecular complexity index is 230. The molecule has 1 rings (SSSR count). The van der Waals surface area contributed by atoms with E-state index in [4.69, 9.17) is 11.6 Å². The first-order valence-electron chi connectivity index (χ1n) is 3.02. The van der Waals surface area contributed by atoms with Crippen molar-refractivity contribution in [2.24, 2.45) is 4.99 Å². The van der Waals surface area contributed by atoms with Crippen molar-refractivity contribution in [1.82, 2.24) is 0 Å². The lowest BCUT2D eigenvalue weighted by Gasteiger charge is -2.10. The number of allylic oxidation sites excluding steroid dienone is 2. The van der Waals surface area contributed by atoms with Crippen LogP contribution in [0.5, 0.6) is 0 Å². The van der Waals surface area contributed by atoms with E-state index >= 15 is 0 Å². The zero-order chi connectivity index (χ0) is 7.72. The van der Waals surface area contributed by atoms with Crippen molar-refractivity contribution in [2.75, 3.05) is 0 Å². The summed E-state index contributed by atoms with van der Waals surface area (Å²) in [5.74, 6) is -0.0633. The van der Waals surface area contributed by atoms with Gasteiger partial charge in [-0.15, -0.1) is 11.6 Å². The van der Waals surface area contributed by atoms with Crippen molar-refractivity contribution >= 4 is 23.1 Å². The van der Waals surface area contributed by atoms with Gasteiger partial charge in [-0.3, -0.25) is 9.79 Å². The van der Waals surface area contributed by atoms with Gasteiger partial charge in [-0.25, -0.2) is 0 Å². The summed E-state index contributed by atoms with van der Waals surface area (Å²) in [5, 5.41) is -0.538. The minimum Gasteiger partial charge on any atom is -0.293 e. The van der Waals surface area contributed by atoms with Gasteiger partial charge in [-0.1, -0.05) is 0 Å². The first-order chi connectivity index (χ1) is 4.61. The maximum atomic E-state index is 10.9. The molecule has 0 fully saturated rings. The third-order valence-corrected chi connectivity index (χ3v) is 1.85. The smallest absolute Gasteiger partial charge is 0.181 e. The lowest BCUT2D eigenvalue weighted by atomic mass is 10.1. The number of alkyl halides is 1. The minimum absolute atomic E-state index is 0.0633. The molecule has 0 spiro atoms. The molecule has 0 bridgehead atoms. The van der Waals surface area contributed by atoms with Crippen LogP contribution in [0.4, 0.5) is 0 Å². The van der Waals surface area contributed by atoms with Crippen molar-refractivity contribution in [3.8, 4) is 0 Å². The molecule has 0 aromatic rings. The molecule has 3 heteroatoms. The van der Waals surface area contributed by atoms with E-state index in [1.807, 2.05) is 0 Å². The molecule has 2 nitrogen and oxygen atoms in total. The molecule has 1 aliphatic rings. The number of carbonyl (C=O) groups excluding carboxylic acids is 1. The Morgan fingerprint density at radius 2 is 2.20 bits per heavy atom. The Labute approximate surface area is 64.6 Å². The fourth-order valence-corrected chi connectivity index (χ4v) is 0.964. The van der Waals surface area contributed by atoms with Gasteiger partial charge < -0.3 is 0 Å². The second-order valence-electron chi connectivity index (χ2n) is 2.30. The zero-order valence-electron chi connectivity index (χ0n) is 5.89. The molecular formula is C7H8ClNO. The maximum Gasteiger partial charge on any atom is 0.181 e. The molecule has 1 unspecified atom stereocenters. The highest BCUT2D eigenvalue weighted by Gasteiger charge is 2.19. The summed E-state index contributed by atoms with van der Waals surface area (Å²) >= 11 is 5.66. The van der Waals surface area contributed by atoms with Crippen LogP contribution in [0.3, 0.4) is 0 Å². The highest BCUT2D eigenvalue weighted by Crippen LogP contribution is 2.12. The molecule has 10 heavy (non-hydrogen) atoms. The van der Waals surface area contributed by atoms with Crippen LogP contribution < -0.4 is 0 Å². The van der Waals surface area contributed by atoms with E-state index in [9.17, 15) is 4.79 Å². The van der Waals surface area contributed by atoms with Gasteiger partial charge in [-0.2, -0.15) is 0 Å². The summed E-state index contributed by atoms with van der Waals surface area (Å²) in [6, 6.07) is 0. The van der Waals surface area contributed by atoms with Gasteiger partial charge in [0.25, 0.3) is 0 Å². The monoisotopic (exact) mass is 157 g/mol. The molecule has 0 amide bonds. The van der Waals surface area contributed by atoms with Crippen LogP contribution in [-0.2, 0) is 4.79 Å². The van der Waals surface area contributed by atoms with Gasteiger partial charge >= 0.3 is 0 Å². The first-order valence-corrected chi connectivity index (χ1v) is 3.46. The summed E-state index contributed by atoms with van der Waals surface area (Å²) in [5.41, 5.74) is 1.42. The van der Waals surface area contributed by atoms with Gasteiger partial charge in [0.15, 0.2) is 5.78 Å². The molecule has 1 atom stereocenters. The zero-order valence-corrected chi connectivity index (χ0v) is 6.64. The van der Waals surface area contributed by atoms with E-state index in [0.29, 0.717) is 5.71 Å². The second-order valence-corrected chi connectivity index (χ2v) is 2.74. The minimum atomic E-state index is -0.538. The molecule has 1 aliphatic heterocycles. The van der Waals surface area contributed by atoms with E-state index in [-0.39, 0.29) is 5.78 Å². The topological polar surface area (TPSA) is 29.4 Å². The number of ketones is 1. The predicted molar refractivity (Wildman–Crippen MR) is 41.5 cm³/mol. The van der Waals surface area contributed by atoms with E-state index in [1.165, 1.54) is 6.08 Å². The van der Waals surface area contributed by atoms with Gasteiger partial charge in [-0.05, 0) is 13.8 Å². The van der Waals surface area contributed by atoms with Crippen LogP contribution in [-0.4, -0.2) is 16.9 Å². The van der Waals surface area contributed by atoms with Crippen molar-refractivity contribution in [3.05, 3.63) is 11.8 Å². The van der Waals surface area contributed by atoms with Gasteiger partial charge in [0.05, 0.1) is 0 Å². The largest absolute Gasteiger partial charge is 0.293 e. The maximum absolute atomic E-state index is 10.9. The predicted octanol–water partition coefficient (Wildman–Crippen LogP) is 1.54. The lowest BCUT2D eigenvalue weighted by molar-refractivity contribution is -0.113. The molecule has 0 aromatic carbocycles. The van der Waals surface area contributed by atoms with Gasteiger partial charge in [0, 0.05) is 17.5 Å². The SMILES string of the molecule is CC1=CC(=O)C(Cl)C(C)=N1. The summed E-state index contributed by atoms with van der Waals surface area (Å²) in [6.07, 6.45) is 1.46. The highest BCUT2D eigenvalue weighted by molar-refractivity contribution is 6.44. The Balaban J connectivity index is 2.95. The first kappa shape index (κ1) is 7.48. The molecule has 0 saturated carbocycles. The Kier molecular flexibility index (Phi) is 1.90. The summed E-state index contributed by atoms with van der Waals surface area (Å²) < 4.78 is 0. The highest BCUT2D eigenvalue weighted by atomic mass is 35.5. The average Bonchev–Trinajstić information content (AvgIpc) is 1.82. The molecule has 0 aromatic heterocycles. The summed E-state index contributed by atoms with van der Waals surface area (Å²) in [6.45, 7) is 3.54. The van der Waals surface area contributed by atoms with E-state index < -0.39 is 5.38 Å². The van der Waals surface area contributed by atoms with Crippen LogP contribution in [0.15, 0.2) is 16.8 Å². The van der Waals surface area contributed by atoms with Crippen molar-refractivity contribution in [3.63, 3.8) is 0 Å². The third-order valence-electron chi connectivity index (χ3n) is 1.32. The number of hydrogen-bond acceptors (Lipinski definition) is 2. The number of nitrogens with zero attached hydrogens (tertiary/aromatic N) is 1. The van der Waals surface area contributed by atoms with Crippen molar-refractivity contribution in [1.29, 1.82) is 0 Å². The van der Waals surface area contributed by atoms with Crippen LogP contribution in [0, 0.1) is 0 Å². The average molecular weight is 158 g/mol. The van der Waals surface area contributed by atoms with Crippen molar-refractivity contribution in [2.45, 2.75) is 19.2 Å². The third kappa shape index (κ3) is 1.27. The van der Waals surface area contributed by atoms with Gasteiger partial charge in [0.1, 0.15) is 5.38 Å². The Hall–Kier alpha value is -0.630. The summed E-state index contributed by atoms with van der Waals surface area (Å²) in [7, 11) is 0. The number of hydrogen-bond donors (Lipinski definition) is 0. The molecular weight excluding hydrogens is 150 g/mol. The van der Waals surface area contributed by atoms with E-state index in [0.717, 1.165) is 5.70 Å². The molecule has 0 radical (unpaired) electrons. The lowest BCUT2D eigenvalue weighted by Crippen LogP contribution is -2.23.